The highest BCUT2D eigenvalue weighted by molar-refractivity contribution is 5.89. The highest BCUT2D eigenvalue weighted by Crippen LogP contribution is 2.24. The van der Waals surface area contributed by atoms with Crippen molar-refractivity contribution in [2.75, 3.05) is 25.5 Å². The highest BCUT2D eigenvalue weighted by atomic mass is 16.5. The molecular formula is C15H21N5O2. The second kappa shape index (κ2) is 5.57. The molecule has 3 heterocycles. The van der Waals surface area contributed by atoms with Crippen molar-refractivity contribution >= 4 is 17.4 Å². The van der Waals surface area contributed by atoms with Gasteiger partial charge in [0.2, 0.25) is 0 Å². The molecule has 1 N–H and O–H groups in total. The first-order chi connectivity index (χ1) is 10.5. The number of amides is 2. The average Bonchev–Trinajstić information content (AvgIpc) is 2.86. The Kier molecular flexibility index (Phi) is 3.74. The van der Waals surface area contributed by atoms with Crippen molar-refractivity contribution in [2.24, 2.45) is 0 Å². The molecule has 7 heteroatoms. The number of hydrogen-bond donors (Lipinski definition) is 1. The molecule has 3 rings (SSSR count). The number of hydrogen-bond acceptors (Lipinski definition) is 4. The summed E-state index contributed by atoms with van der Waals surface area (Å²) < 4.78 is 7.19. The Balaban J connectivity index is 1.72. The molecule has 1 aliphatic heterocycles. The molecular weight excluding hydrogens is 282 g/mol. The van der Waals surface area contributed by atoms with Crippen molar-refractivity contribution in [2.45, 2.75) is 32.3 Å². The summed E-state index contributed by atoms with van der Waals surface area (Å²) in [6, 6.07) is 3.56. The minimum atomic E-state index is -0.261. The molecule has 0 bridgehead atoms. The van der Waals surface area contributed by atoms with Crippen LogP contribution in [0.3, 0.4) is 0 Å². The largest absolute Gasteiger partial charge is 0.377 e. The number of piperidine rings is 1. The predicted molar refractivity (Wildman–Crippen MR) is 83.0 cm³/mol. The summed E-state index contributed by atoms with van der Waals surface area (Å²) in [5, 5.41) is 7.17. The van der Waals surface area contributed by atoms with Crippen LogP contribution in [0.15, 0.2) is 18.3 Å². The van der Waals surface area contributed by atoms with Crippen LogP contribution >= 0.6 is 0 Å². The summed E-state index contributed by atoms with van der Waals surface area (Å²) in [5.74, 6) is 0.704. The van der Waals surface area contributed by atoms with Crippen LogP contribution in [0.4, 0.5) is 10.5 Å². The number of likely N-dealkylation sites (tertiary alicyclic amines) is 1. The Bertz CT molecular complexity index is 698. The topological polar surface area (TPSA) is 71.8 Å². The number of ether oxygens (including phenoxy) is 1. The summed E-state index contributed by atoms with van der Waals surface area (Å²) in [6.45, 7) is 5.22. The number of carbonyl (C=O) groups is 1. The van der Waals surface area contributed by atoms with Gasteiger partial charge in [-0.25, -0.2) is 14.3 Å². The Labute approximate surface area is 129 Å². The van der Waals surface area contributed by atoms with Crippen LogP contribution in [-0.2, 0) is 4.74 Å². The number of aromatic nitrogens is 3. The lowest BCUT2D eigenvalue weighted by molar-refractivity contribution is -0.0389. The average molecular weight is 303 g/mol. The van der Waals surface area contributed by atoms with Gasteiger partial charge < -0.3 is 15.0 Å². The molecule has 1 unspecified atom stereocenters. The second-order valence-electron chi connectivity index (χ2n) is 5.99. The van der Waals surface area contributed by atoms with Gasteiger partial charge in [-0.15, -0.1) is 0 Å². The van der Waals surface area contributed by atoms with E-state index in [2.05, 4.69) is 15.4 Å². The van der Waals surface area contributed by atoms with Crippen molar-refractivity contribution < 1.29 is 9.53 Å². The van der Waals surface area contributed by atoms with Crippen LogP contribution in [0.25, 0.3) is 5.65 Å². The number of nitrogens with one attached hydrogen (secondary N) is 1. The van der Waals surface area contributed by atoms with Crippen LogP contribution in [0, 0.1) is 6.92 Å². The molecule has 7 nitrogen and oxygen atoms in total. The number of anilines is 1. The second-order valence-corrected chi connectivity index (χ2v) is 5.99. The first-order valence-electron chi connectivity index (χ1n) is 7.43. The molecule has 118 valence electrons. The third kappa shape index (κ3) is 2.89. The maximum Gasteiger partial charge on any atom is 0.321 e. The summed E-state index contributed by atoms with van der Waals surface area (Å²) in [6.07, 6.45) is 3.68. The van der Waals surface area contributed by atoms with Gasteiger partial charge in [0, 0.05) is 13.7 Å². The van der Waals surface area contributed by atoms with Crippen LogP contribution in [0.5, 0.6) is 0 Å². The Morgan fingerprint density at radius 2 is 2.27 bits per heavy atom. The van der Waals surface area contributed by atoms with E-state index in [1.807, 2.05) is 26.0 Å². The van der Waals surface area contributed by atoms with Crippen LogP contribution in [-0.4, -0.2) is 51.3 Å². The van der Waals surface area contributed by atoms with E-state index in [0.29, 0.717) is 18.1 Å². The molecule has 2 amide bonds. The van der Waals surface area contributed by atoms with Gasteiger partial charge in [0.05, 0.1) is 24.0 Å². The van der Waals surface area contributed by atoms with Crippen molar-refractivity contribution in [1.82, 2.24) is 19.5 Å². The molecule has 22 heavy (non-hydrogen) atoms. The Hall–Kier alpha value is -2.15. The van der Waals surface area contributed by atoms with Crippen molar-refractivity contribution in [3.63, 3.8) is 0 Å². The lowest BCUT2D eigenvalue weighted by Gasteiger charge is -2.39. The lowest BCUT2D eigenvalue weighted by Crippen LogP contribution is -2.50. The molecule has 2 aromatic heterocycles. The predicted octanol–water partition coefficient (Wildman–Crippen LogP) is 2.07. The fraction of sp³-hybridized carbons (Fsp3) is 0.533. The molecule has 1 atom stereocenters. The molecule has 2 aromatic rings. The smallest absolute Gasteiger partial charge is 0.321 e. The molecule has 0 saturated carbocycles. The molecule has 1 fully saturated rings. The highest BCUT2D eigenvalue weighted by Gasteiger charge is 2.33. The number of urea groups is 1. The van der Waals surface area contributed by atoms with E-state index in [1.54, 1.807) is 22.7 Å². The Morgan fingerprint density at radius 1 is 1.45 bits per heavy atom. The van der Waals surface area contributed by atoms with Crippen LogP contribution in [0.1, 0.15) is 25.6 Å². The van der Waals surface area contributed by atoms with Gasteiger partial charge in [-0.2, -0.15) is 5.10 Å². The van der Waals surface area contributed by atoms with Gasteiger partial charge in [0.1, 0.15) is 5.82 Å². The maximum atomic E-state index is 12.4. The molecule has 1 saturated heterocycles. The fourth-order valence-electron chi connectivity index (χ4n) is 2.82. The third-order valence-corrected chi connectivity index (χ3v) is 4.13. The van der Waals surface area contributed by atoms with E-state index in [4.69, 9.17) is 4.74 Å². The number of nitrogens with zero attached hydrogens (tertiary/aromatic N) is 4. The van der Waals surface area contributed by atoms with Gasteiger partial charge in [0.15, 0.2) is 5.65 Å². The minimum absolute atomic E-state index is 0.112. The SMILES string of the molecule is COC1(C)CCCN(C(=O)Nc2ccc3nc(C)nn3c2)C1. The zero-order chi connectivity index (χ0) is 15.7. The van der Waals surface area contributed by atoms with E-state index < -0.39 is 0 Å². The minimum Gasteiger partial charge on any atom is -0.377 e. The summed E-state index contributed by atoms with van der Waals surface area (Å²) in [7, 11) is 1.70. The number of methoxy groups -OCH3 is 1. The van der Waals surface area contributed by atoms with E-state index >= 15 is 0 Å². The molecule has 0 aromatic carbocycles. The summed E-state index contributed by atoms with van der Waals surface area (Å²) in [5.41, 5.74) is 1.20. The van der Waals surface area contributed by atoms with Crippen LogP contribution < -0.4 is 5.32 Å². The number of pyridine rings is 1. The number of carbonyl (C=O) groups excluding carboxylic acids is 1. The van der Waals surface area contributed by atoms with Gasteiger partial charge in [-0.1, -0.05) is 0 Å². The summed E-state index contributed by atoms with van der Waals surface area (Å²) in [4.78, 5) is 18.5. The molecule has 0 spiro atoms. The fourth-order valence-corrected chi connectivity index (χ4v) is 2.82. The van der Waals surface area contributed by atoms with E-state index in [-0.39, 0.29) is 11.6 Å². The number of aryl methyl sites for hydroxylation is 1. The van der Waals surface area contributed by atoms with E-state index in [1.165, 1.54) is 0 Å². The monoisotopic (exact) mass is 303 g/mol. The van der Waals surface area contributed by atoms with Crippen molar-refractivity contribution in [3.8, 4) is 0 Å². The molecule has 1 aliphatic rings. The van der Waals surface area contributed by atoms with Crippen molar-refractivity contribution in [1.29, 1.82) is 0 Å². The molecule has 0 radical (unpaired) electrons. The quantitative estimate of drug-likeness (QED) is 0.922. The zero-order valence-corrected chi connectivity index (χ0v) is 13.2. The first kappa shape index (κ1) is 14.8. The van der Waals surface area contributed by atoms with E-state index in [0.717, 1.165) is 25.0 Å². The lowest BCUT2D eigenvalue weighted by atomic mass is 9.95. The maximum absolute atomic E-state index is 12.4. The van der Waals surface area contributed by atoms with Crippen molar-refractivity contribution in [3.05, 3.63) is 24.2 Å². The Morgan fingerprint density at radius 3 is 3.05 bits per heavy atom. The first-order valence-corrected chi connectivity index (χ1v) is 7.43. The molecule has 0 aliphatic carbocycles. The summed E-state index contributed by atoms with van der Waals surface area (Å²) >= 11 is 0. The zero-order valence-electron chi connectivity index (χ0n) is 13.2. The van der Waals surface area contributed by atoms with Crippen LogP contribution in [0.2, 0.25) is 0 Å². The van der Waals surface area contributed by atoms with Gasteiger partial charge in [-0.3, -0.25) is 0 Å². The van der Waals surface area contributed by atoms with Gasteiger partial charge >= 0.3 is 6.03 Å². The number of fused-ring (bicyclic) bond motifs is 1. The number of rotatable bonds is 2. The van der Waals surface area contributed by atoms with E-state index in [9.17, 15) is 4.79 Å². The van der Waals surface area contributed by atoms with Gasteiger partial charge in [0.25, 0.3) is 0 Å². The van der Waals surface area contributed by atoms with Gasteiger partial charge in [-0.05, 0) is 38.8 Å². The normalized spacial score (nSPS) is 22.0. The standard InChI is InChI=1S/C15H21N5O2/c1-11-16-13-6-5-12(9-20(13)18-11)17-14(21)19-8-4-7-15(2,10-19)22-3/h5-6,9H,4,7-8,10H2,1-3H3,(H,17,21). The third-order valence-electron chi connectivity index (χ3n) is 4.13.